The molecule has 3 aliphatic carbocycles. The molecule has 0 spiro atoms. The van der Waals surface area contributed by atoms with Crippen molar-refractivity contribution in [2.75, 3.05) is 13.7 Å². The number of halogens is 2. The van der Waals surface area contributed by atoms with Crippen molar-refractivity contribution in [3.8, 4) is 11.5 Å². The first kappa shape index (κ1) is 26.9. The first-order valence-corrected chi connectivity index (χ1v) is 13.5. The Morgan fingerprint density at radius 3 is 2.63 bits per heavy atom. The number of amides is 1. The minimum atomic E-state index is -0.765. The number of hydrogen-bond donors (Lipinski definition) is 3. The summed E-state index contributed by atoms with van der Waals surface area (Å²) in [7, 11) is 1.86. The first-order chi connectivity index (χ1) is 18.1. The molecule has 3 fully saturated rings. The lowest BCUT2D eigenvalue weighted by Crippen LogP contribution is -2.65. The lowest BCUT2D eigenvalue weighted by Gasteiger charge is -2.56. The molecule has 0 saturated heterocycles. The standard InChI is InChI=1S/C29H34ClFN2O5/c1-17-3-5-19(12-21(17)31)37-16-27(36)33-29-9-7-28(8-10-29,15-26(29)35)14-23(34)25-13-22(32-2)20-11-18(30)4-6-24(20)38-25/h3-6,11-12,22,25-26,32,35H,7-10,13-16H2,1-2H3,(H,33,36)/t22?,25?,26-,28?,29?/m0/s1. The third-order valence-corrected chi connectivity index (χ3v) is 8.93. The van der Waals surface area contributed by atoms with Gasteiger partial charge in [0.05, 0.1) is 11.6 Å². The maximum Gasteiger partial charge on any atom is 0.258 e. The Morgan fingerprint density at radius 2 is 1.95 bits per heavy atom. The van der Waals surface area contributed by atoms with E-state index in [1.165, 1.54) is 6.07 Å². The average Bonchev–Trinajstić information content (AvgIpc) is 2.89. The first-order valence-electron chi connectivity index (χ1n) is 13.2. The van der Waals surface area contributed by atoms with E-state index in [0.717, 1.165) is 18.4 Å². The van der Waals surface area contributed by atoms with E-state index in [9.17, 15) is 19.1 Å². The normalized spacial score (nSPS) is 29.8. The molecule has 3 N–H and O–H groups in total. The summed E-state index contributed by atoms with van der Waals surface area (Å²) in [5, 5.41) is 18.0. The van der Waals surface area contributed by atoms with E-state index in [4.69, 9.17) is 21.1 Å². The van der Waals surface area contributed by atoms with Crippen LogP contribution in [0, 0.1) is 18.2 Å². The molecule has 2 aromatic rings. The molecule has 0 aromatic heterocycles. The van der Waals surface area contributed by atoms with Gasteiger partial charge in [0, 0.05) is 35.5 Å². The minimum Gasteiger partial charge on any atom is -0.484 e. The van der Waals surface area contributed by atoms with Crippen molar-refractivity contribution in [1.82, 2.24) is 10.6 Å². The Hall–Kier alpha value is -2.68. The van der Waals surface area contributed by atoms with Gasteiger partial charge in [-0.1, -0.05) is 17.7 Å². The number of aryl methyl sites for hydroxylation is 1. The van der Waals surface area contributed by atoms with Gasteiger partial charge in [-0.25, -0.2) is 4.39 Å². The molecule has 0 radical (unpaired) electrons. The highest BCUT2D eigenvalue weighted by molar-refractivity contribution is 6.30. The number of aliphatic hydroxyl groups is 1. The highest BCUT2D eigenvalue weighted by Crippen LogP contribution is 2.54. The Kier molecular flexibility index (Phi) is 7.42. The van der Waals surface area contributed by atoms with Crippen LogP contribution < -0.4 is 20.1 Å². The molecule has 1 heterocycles. The fraction of sp³-hybridized carbons (Fsp3) is 0.517. The van der Waals surface area contributed by atoms with Gasteiger partial charge in [0.25, 0.3) is 5.91 Å². The van der Waals surface area contributed by atoms with Crippen LogP contribution in [0.1, 0.15) is 62.1 Å². The SMILES string of the molecule is CNC1CC(C(=O)CC23CCC(NC(=O)COc4ccc(C)c(F)c4)(CC2)[C@@H](O)C3)Oc2ccc(Cl)cc21. The highest BCUT2D eigenvalue weighted by atomic mass is 35.5. The zero-order valence-corrected chi connectivity index (χ0v) is 22.4. The fourth-order valence-corrected chi connectivity index (χ4v) is 6.53. The van der Waals surface area contributed by atoms with E-state index in [-0.39, 0.29) is 35.5 Å². The maximum atomic E-state index is 13.8. The van der Waals surface area contributed by atoms with Crippen LogP contribution in [-0.4, -0.2) is 48.2 Å². The second-order valence-electron chi connectivity index (χ2n) is 11.1. The summed E-state index contributed by atoms with van der Waals surface area (Å²) in [6.07, 6.45) is 2.59. The number of rotatable bonds is 8. The number of fused-ring (bicyclic) bond motifs is 4. The molecule has 38 heavy (non-hydrogen) atoms. The molecule has 1 aliphatic heterocycles. The fourth-order valence-electron chi connectivity index (χ4n) is 6.35. The van der Waals surface area contributed by atoms with Crippen LogP contribution in [0.5, 0.6) is 11.5 Å². The average molecular weight is 545 g/mol. The van der Waals surface area contributed by atoms with Crippen molar-refractivity contribution in [2.45, 2.75) is 75.7 Å². The summed E-state index contributed by atoms with van der Waals surface area (Å²) in [5.74, 6) is 0.233. The monoisotopic (exact) mass is 544 g/mol. The molecule has 2 unspecified atom stereocenters. The summed E-state index contributed by atoms with van der Waals surface area (Å²) < 4.78 is 25.3. The van der Waals surface area contributed by atoms with Gasteiger partial charge in [-0.05, 0) is 81.3 Å². The van der Waals surface area contributed by atoms with Gasteiger partial charge in [0.2, 0.25) is 0 Å². The van der Waals surface area contributed by atoms with Gasteiger partial charge in [-0.15, -0.1) is 0 Å². The molecule has 1 amide bonds. The van der Waals surface area contributed by atoms with Crippen LogP contribution in [-0.2, 0) is 9.59 Å². The molecule has 3 saturated carbocycles. The van der Waals surface area contributed by atoms with Crippen molar-refractivity contribution in [2.24, 2.45) is 5.41 Å². The summed E-state index contributed by atoms with van der Waals surface area (Å²) in [4.78, 5) is 26.1. The molecule has 4 aliphatic rings. The van der Waals surface area contributed by atoms with Crippen LogP contribution in [0.15, 0.2) is 36.4 Å². The molecular weight excluding hydrogens is 511 g/mol. The number of ether oxygens (including phenoxy) is 2. The number of Topliss-reactive ketones (excluding diaryl/α,β-unsaturated/α-hetero) is 1. The Morgan fingerprint density at radius 1 is 1.18 bits per heavy atom. The Bertz CT molecular complexity index is 1230. The van der Waals surface area contributed by atoms with Gasteiger partial charge in [-0.2, -0.15) is 0 Å². The van der Waals surface area contributed by atoms with Gasteiger partial charge in [0.1, 0.15) is 17.3 Å². The highest BCUT2D eigenvalue weighted by Gasteiger charge is 2.55. The van der Waals surface area contributed by atoms with E-state index < -0.39 is 23.6 Å². The predicted octanol–water partition coefficient (Wildman–Crippen LogP) is 4.42. The zero-order chi connectivity index (χ0) is 27.1. The molecule has 204 valence electrons. The van der Waals surface area contributed by atoms with Crippen LogP contribution in [0.25, 0.3) is 0 Å². The number of carbonyl (C=O) groups is 2. The van der Waals surface area contributed by atoms with E-state index in [1.807, 2.05) is 13.1 Å². The molecule has 6 rings (SSSR count). The lowest BCUT2D eigenvalue weighted by molar-refractivity contribution is -0.142. The predicted molar refractivity (Wildman–Crippen MR) is 141 cm³/mol. The Balaban J connectivity index is 1.18. The number of benzene rings is 2. The van der Waals surface area contributed by atoms with Crippen molar-refractivity contribution in [1.29, 1.82) is 0 Å². The van der Waals surface area contributed by atoms with Crippen LogP contribution in [0.4, 0.5) is 4.39 Å². The van der Waals surface area contributed by atoms with Crippen molar-refractivity contribution >= 4 is 23.3 Å². The van der Waals surface area contributed by atoms with Gasteiger partial charge in [-0.3, -0.25) is 9.59 Å². The van der Waals surface area contributed by atoms with Gasteiger partial charge < -0.3 is 25.2 Å². The maximum absolute atomic E-state index is 13.8. The quantitative estimate of drug-likeness (QED) is 0.455. The summed E-state index contributed by atoms with van der Waals surface area (Å²) >= 11 is 6.16. The number of carbonyl (C=O) groups excluding carboxylic acids is 2. The molecule has 3 atom stereocenters. The van der Waals surface area contributed by atoms with Crippen LogP contribution >= 0.6 is 11.6 Å². The van der Waals surface area contributed by atoms with E-state index in [2.05, 4.69) is 10.6 Å². The topological polar surface area (TPSA) is 96.9 Å². The smallest absolute Gasteiger partial charge is 0.258 e. The van der Waals surface area contributed by atoms with Gasteiger partial charge >= 0.3 is 0 Å². The molecule has 9 heteroatoms. The third-order valence-electron chi connectivity index (χ3n) is 8.69. The molecular formula is C29H34ClFN2O5. The van der Waals surface area contributed by atoms with Crippen molar-refractivity contribution in [3.63, 3.8) is 0 Å². The number of nitrogens with one attached hydrogen (secondary N) is 2. The zero-order valence-electron chi connectivity index (χ0n) is 21.7. The van der Waals surface area contributed by atoms with Crippen LogP contribution in [0.2, 0.25) is 5.02 Å². The number of ketones is 1. The second-order valence-corrected chi connectivity index (χ2v) is 11.6. The summed E-state index contributed by atoms with van der Waals surface area (Å²) in [6.45, 7) is 1.39. The van der Waals surface area contributed by atoms with Gasteiger partial charge in [0.15, 0.2) is 18.5 Å². The molecule has 2 bridgehead atoms. The second kappa shape index (κ2) is 10.5. The number of aliphatic hydroxyl groups excluding tert-OH is 1. The molecule has 7 nitrogen and oxygen atoms in total. The largest absolute Gasteiger partial charge is 0.484 e. The van der Waals surface area contributed by atoms with Crippen molar-refractivity contribution in [3.05, 3.63) is 58.4 Å². The summed E-state index contributed by atoms with van der Waals surface area (Å²) in [5.41, 5.74) is 0.407. The lowest BCUT2D eigenvalue weighted by atomic mass is 9.54. The van der Waals surface area contributed by atoms with E-state index >= 15 is 0 Å². The Labute approximate surface area is 227 Å². The molecule has 2 aromatic carbocycles. The summed E-state index contributed by atoms with van der Waals surface area (Å²) in [6, 6.07) is 9.87. The van der Waals surface area contributed by atoms with Crippen molar-refractivity contribution < 1.29 is 28.6 Å². The van der Waals surface area contributed by atoms with Crippen LogP contribution in [0.3, 0.4) is 0 Å². The third kappa shape index (κ3) is 5.26. The number of hydrogen-bond acceptors (Lipinski definition) is 6. The minimum absolute atomic E-state index is 0.0336. The van der Waals surface area contributed by atoms with E-state index in [1.54, 1.807) is 31.2 Å². The van der Waals surface area contributed by atoms with E-state index in [0.29, 0.717) is 48.4 Å².